The minimum absolute atomic E-state index is 0.00450. The van der Waals surface area contributed by atoms with Crippen LogP contribution >= 0.6 is 0 Å². The van der Waals surface area contributed by atoms with Gasteiger partial charge in [0, 0.05) is 18.8 Å². The van der Waals surface area contributed by atoms with Crippen LogP contribution < -0.4 is 0 Å². The first-order chi connectivity index (χ1) is 14.2. The van der Waals surface area contributed by atoms with Gasteiger partial charge in [0.05, 0.1) is 0 Å². The molecule has 0 heterocycles. The van der Waals surface area contributed by atoms with Crippen molar-refractivity contribution in [1.29, 1.82) is 0 Å². The highest BCUT2D eigenvalue weighted by Crippen LogP contribution is 2.67. The molecule has 0 aromatic carbocycles. The van der Waals surface area contributed by atoms with Gasteiger partial charge in [-0.3, -0.25) is 9.59 Å². The molecule has 0 radical (unpaired) electrons. The zero-order valence-corrected chi connectivity index (χ0v) is 18.5. The van der Waals surface area contributed by atoms with Gasteiger partial charge in [0.25, 0.3) is 0 Å². The monoisotopic (exact) mass is 410 g/mol. The molecule has 7 atom stereocenters. The highest BCUT2D eigenvalue weighted by atomic mass is 16.5. The summed E-state index contributed by atoms with van der Waals surface area (Å²) >= 11 is 0. The van der Waals surface area contributed by atoms with Crippen molar-refractivity contribution in [2.75, 3.05) is 0 Å². The molecule has 0 spiro atoms. The van der Waals surface area contributed by atoms with Gasteiger partial charge in [-0.2, -0.15) is 0 Å². The fourth-order valence-electron chi connectivity index (χ4n) is 7.57. The molecule has 3 fully saturated rings. The molecule has 4 nitrogen and oxygen atoms in total. The van der Waals surface area contributed by atoms with Crippen molar-refractivity contribution in [1.82, 2.24) is 0 Å². The van der Waals surface area contributed by atoms with E-state index in [0.29, 0.717) is 24.2 Å². The Morgan fingerprint density at radius 3 is 2.63 bits per heavy atom. The van der Waals surface area contributed by atoms with Gasteiger partial charge >= 0.3 is 5.97 Å². The van der Waals surface area contributed by atoms with Gasteiger partial charge < -0.3 is 9.84 Å². The molecular formula is C26H34O4. The summed E-state index contributed by atoms with van der Waals surface area (Å²) in [5.41, 5.74) is -0.186. The Hall–Kier alpha value is -1.86. The largest absolute Gasteiger partial charge is 0.462 e. The van der Waals surface area contributed by atoms with Gasteiger partial charge in [0.2, 0.25) is 5.78 Å². The summed E-state index contributed by atoms with van der Waals surface area (Å²) in [7, 11) is 0. The maximum atomic E-state index is 12.8. The summed E-state index contributed by atoms with van der Waals surface area (Å²) in [6.45, 7) is 9.56. The Kier molecular flexibility index (Phi) is 5.26. The maximum Gasteiger partial charge on any atom is 0.302 e. The summed E-state index contributed by atoms with van der Waals surface area (Å²) in [6, 6.07) is 0. The number of carbonyl (C=O) groups excluding carboxylic acids is 2. The Balaban J connectivity index is 1.60. The zero-order chi connectivity index (χ0) is 21.7. The van der Waals surface area contributed by atoms with Crippen molar-refractivity contribution in [3.8, 4) is 11.8 Å². The highest BCUT2D eigenvalue weighted by Gasteiger charge is 2.66. The van der Waals surface area contributed by atoms with Crippen LogP contribution in [0.25, 0.3) is 0 Å². The molecule has 3 saturated carbocycles. The van der Waals surface area contributed by atoms with Crippen molar-refractivity contribution in [2.24, 2.45) is 28.6 Å². The lowest BCUT2D eigenvalue weighted by atomic mass is 9.46. The smallest absolute Gasteiger partial charge is 0.302 e. The molecule has 30 heavy (non-hydrogen) atoms. The number of fused-ring (bicyclic) bond motifs is 5. The highest BCUT2D eigenvalue weighted by molar-refractivity contribution is 6.03. The lowest BCUT2D eigenvalue weighted by Gasteiger charge is -2.58. The molecule has 4 rings (SSSR count). The second-order valence-corrected chi connectivity index (χ2v) is 10.4. The van der Waals surface area contributed by atoms with E-state index in [9.17, 15) is 14.7 Å². The maximum absolute atomic E-state index is 12.8. The summed E-state index contributed by atoms with van der Waals surface area (Å²) in [5.74, 6) is 6.09. The second kappa shape index (κ2) is 7.38. The van der Waals surface area contributed by atoms with Crippen molar-refractivity contribution in [3.05, 3.63) is 24.3 Å². The third-order valence-electron chi connectivity index (χ3n) is 9.21. The van der Waals surface area contributed by atoms with E-state index in [2.05, 4.69) is 38.3 Å². The van der Waals surface area contributed by atoms with Gasteiger partial charge in [0.15, 0.2) is 0 Å². The van der Waals surface area contributed by atoms with Crippen LogP contribution in [-0.2, 0) is 14.3 Å². The minimum Gasteiger partial charge on any atom is -0.462 e. The quantitative estimate of drug-likeness (QED) is 0.318. The standard InChI is InChI=1S/C26H34O4/c1-5-6-7-23(28)26(29)15-12-22-20-9-8-18-16-19(30-17(2)27)10-13-24(18,3)21(20)11-14-25(22,26)4/h5,8,19-22,29H,1,9-16H2,2-4H3/t19-,20+,21+,22+,24-,25-,26-/m0/s1. The van der Waals surface area contributed by atoms with Crippen molar-refractivity contribution in [2.45, 2.75) is 83.8 Å². The predicted molar refractivity (Wildman–Crippen MR) is 115 cm³/mol. The van der Waals surface area contributed by atoms with Crippen LogP contribution in [0.3, 0.4) is 0 Å². The predicted octanol–water partition coefficient (Wildman–Crippen LogP) is 4.37. The number of esters is 1. The van der Waals surface area contributed by atoms with Crippen LogP contribution in [0.15, 0.2) is 24.3 Å². The first kappa shape index (κ1) is 21.4. The van der Waals surface area contributed by atoms with Gasteiger partial charge in [-0.05, 0) is 80.1 Å². The number of hydrogen-bond acceptors (Lipinski definition) is 4. The Morgan fingerprint density at radius 2 is 1.93 bits per heavy atom. The average molecular weight is 411 g/mol. The molecule has 0 amide bonds. The molecule has 162 valence electrons. The van der Waals surface area contributed by atoms with E-state index in [1.54, 1.807) is 0 Å². The van der Waals surface area contributed by atoms with Crippen LogP contribution in [0.4, 0.5) is 0 Å². The van der Waals surface area contributed by atoms with Crippen molar-refractivity contribution in [3.63, 3.8) is 0 Å². The van der Waals surface area contributed by atoms with E-state index in [1.807, 2.05) is 0 Å². The van der Waals surface area contributed by atoms with Crippen LogP contribution in [0.2, 0.25) is 0 Å². The lowest BCUT2D eigenvalue weighted by molar-refractivity contribution is -0.157. The molecule has 4 aliphatic rings. The topological polar surface area (TPSA) is 63.6 Å². The van der Waals surface area contributed by atoms with Crippen LogP contribution in [-0.4, -0.2) is 28.6 Å². The van der Waals surface area contributed by atoms with Crippen molar-refractivity contribution < 1.29 is 19.4 Å². The number of rotatable bonds is 2. The van der Waals surface area contributed by atoms with E-state index < -0.39 is 11.0 Å². The SMILES string of the molecule is C=CC#CC(=O)[C@@]1(O)CC[C@@H]2[C@@H]3CC=C4C[C@@H](OC(C)=O)CC[C@]4(C)[C@@H]3CC[C@@]21C. The number of ketones is 1. The average Bonchev–Trinajstić information content (AvgIpc) is 2.98. The van der Waals surface area contributed by atoms with E-state index in [-0.39, 0.29) is 23.3 Å². The van der Waals surface area contributed by atoms with E-state index in [0.717, 1.165) is 44.9 Å². The van der Waals surface area contributed by atoms with Gasteiger partial charge in [-0.1, -0.05) is 38.0 Å². The van der Waals surface area contributed by atoms with E-state index in [1.165, 1.54) is 18.6 Å². The number of allylic oxidation sites excluding steroid dienone is 2. The Labute approximate surface area is 180 Å². The summed E-state index contributed by atoms with van der Waals surface area (Å²) in [4.78, 5) is 24.3. The molecule has 4 aliphatic carbocycles. The molecular weight excluding hydrogens is 376 g/mol. The Bertz CT molecular complexity index is 860. The number of carbonyl (C=O) groups is 2. The third kappa shape index (κ3) is 3.01. The van der Waals surface area contributed by atoms with Gasteiger partial charge in [0.1, 0.15) is 11.7 Å². The summed E-state index contributed by atoms with van der Waals surface area (Å²) in [6.07, 6.45) is 10.9. The van der Waals surface area contributed by atoms with Crippen LogP contribution in [0.1, 0.15) is 72.1 Å². The van der Waals surface area contributed by atoms with Gasteiger partial charge in [-0.25, -0.2) is 0 Å². The van der Waals surface area contributed by atoms with Gasteiger partial charge in [-0.15, -0.1) is 0 Å². The Morgan fingerprint density at radius 1 is 1.20 bits per heavy atom. The number of hydrogen-bond donors (Lipinski definition) is 1. The zero-order valence-electron chi connectivity index (χ0n) is 18.5. The van der Waals surface area contributed by atoms with Crippen LogP contribution in [0, 0.1) is 40.4 Å². The van der Waals surface area contributed by atoms with Crippen LogP contribution in [0.5, 0.6) is 0 Å². The molecule has 0 unspecified atom stereocenters. The first-order valence-electron chi connectivity index (χ1n) is 11.4. The minimum atomic E-state index is -1.35. The van der Waals surface area contributed by atoms with E-state index in [4.69, 9.17) is 4.74 Å². The number of ether oxygens (including phenoxy) is 1. The fraction of sp³-hybridized carbons (Fsp3) is 0.692. The number of aliphatic hydroxyl groups is 1. The second-order valence-electron chi connectivity index (χ2n) is 10.4. The number of Topliss-reactive ketones (excluding diaryl/α,β-unsaturated/α-hetero) is 1. The molecule has 0 bridgehead atoms. The van der Waals surface area contributed by atoms with Crippen molar-refractivity contribution >= 4 is 11.8 Å². The first-order valence-corrected chi connectivity index (χ1v) is 11.4. The van der Waals surface area contributed by atoms with E-state index >= 15 is 0 Å². The molecule has 1 N–H and O–H groups in total. The molecule has 0 aliphatic heterocycles. The summed E-state index contributed by atoms with van der Waals surface area (Å²) < 4.78 is 5.52. The molecule has 0 saturated heterocycles. The molecule has 4 heteroatoms. The fourth-order valence-corrected chi connectivity index (χ4v) is 7.57. The molecule has 0 aromatic rings. The normalized spacial score (nSPS) is 44.3. The summed E-state index contributed by atoms with van der Waals surface area (Å²) in [5, 5.41) is 11.5. The third-order valence-corrected chi connectivity index (χ3v) is 9.21. The lowest BCUT2D eigenvalue weighted by Crippen LogP contribution is -2.57. The molecule has 0 aromatic heterocycles.